The molecule has 2 aromatic rings. The number of allylic oxidation sites excluding steroid dienone is 1. The van der Waals surface area contributed by atoms with Crippen LogP contribution in [-0.4, -0.2) is 42.1 Å². The molecule has 0 amide bonds. The van der Waals surface area contributed by atoms with E-state index < -0.39 is 0 Å². The second-order valence-electron chi connectivity index (χ2n) is 9.15. The zero-order valence-electron chi connectivity index (χ0n) is 17.8. The molecule has 154 valence electrons. The van der Waals surface area contributed by atoms with E-state index in [9.17, 15) is 0 Å². The predicted molar refractivity (Wildman–Crippen MR) is 121 cm³/mol. The summed E-state index contributed by atoms with van der Waals surface area (Å²) in [4.78, 5) is 9.31. The van der Waals surface area contributed by atoms with Gasteiger partial charge in [-0.2, -0.15) is 5.26 Å². The summed E-state index contributed by atoms with van der Waals surface area (Å²) in [5.41, 5.74) is 5.97. The third kappa shape index (κ3) is 3.75. The van der Waals surface area contributed by atoms with Crippen LogP contribution in [0.5, 0.6) is 0 Å². The van der Waals surface area contributed by atoms with Crippen molar-refractivity contribution in [3.8, 4) is 6.07 Å². The first-order chi connectivity index (χ1) is 14.7. The lowest BCUT2D eigenvalue weighted by molar-refractivity contribution is 0.272. The molecule has 4 heteroatoms. The lowest BCUT2D eigenvalue weighted by Crippen LogP contribution is -2.28. The van der Waals surface area contributed by atoms with Crippen molar-refractivity contribution in [2.24, 2.45) is 11.8 Å². The van der Waals surface area contributed by atoms with Crippen LogP contribution < -0.4 is 4.90 Å². The smallest absolute Gasteiger partial charge is 0.140 e. The summed E-state index contributed by atoms with van der Waals surface area (Å²) < 4.78 is 0. The van der Waals surface area contributed by atoms with Gasteiger partial charge in [0.05, 0.1) is 11.9 Å². The van der Waals surface area contributed by atoms with Gasteiger partial charge in [-0.05, 0) is 73.9 Å². The molecule has 1 aromatic carbocycles. The topological polar surface area (TPSA) is 43.2 Å². The predicted octanol–water partition coefficient (Wildman–Crippen LogP) is 4.52. The fourth-order valence-corrected chi connectivity index (χ4v) is 5.54. The summed E-state index contributed by atoms with van der Waals surface area (Å²) in [6.45, 7) is 6.92. The van der Waals surface area contributed by atoms with Crippen molar-refractivity contribution in [1.82, 2.24) is 9.88 Å². The van der Waals surface area contributed by atoms with Crippen molar-refractivity contribution in [3.05, 3.63) is 65.5 Å². The van der Waals surface area contributed by atoms with E-state index in [1.165, 1.54) is 42.6 Å². The average molecular weight is 399 g/mol. The molecule has 1 aromatic heterocycles. The molecule has 0 bridgehead atoms. The molecule has 0 N–H and O–H groups in total. The van der Waals surface area contributed by atoms with Gasteiger partial charge in [0.1, 0.15) is 11.8 Å². The fourth-order valence-electron chi connectivity index (χ4n) is 5.54. The van der Waals surface area contributed by atoms with Crippen LogP contribution in [0.4, 0.5) is 5.69 Å². The van der Waals surface area contributed by atoms with Gasteiger partial charge in [0.2, 0.25) is 0 Å². The number of likely N-dealkylation sites (tertiary alicyclic amines) is 1. The lowest BCUT2D eigenvalue weighted by atomic mass is 9.90. The normalized spacial score (nSPS) is 25.9. The summed E-state index contributed by atoms with van der Waals surface area (Å²) in [5, 5.41) is 8.97. The highest BCUT2D eigenvalue weighted by Gasteiger charge is 2.38. The molecule has 2 fully saturated rings. The second-order valence-corrected chi connectivity index (χ2v) is 9.15. The van der Waals surface area contributed by atoms with Gasteiger partial charge in [-0.25, -0.2) is 4.98 Å². The monoisotopic (exact) mass is 398 g/mol. The largest absolute Gasteiger partial charge is 0.369 e. The van der Waals surface area contributed by atoms with Crippen LogP contribution in [0.15, 0.2) is 48.7 Å². The van der Waals surface area contributed by atoms with Gasteiger partial charge < -0.3 is 9.80 Å². The number of aromatic nitrogens is 1. The molecule has 0 saturated carbocycles. The lowest BCUT2D eigenvalue weighted by Gasteiger charge is -2.21. The first-order valence-electron chi connectivity index (χ1n) is 11.4. The minimum atomic E-state index is 0.484. The summed E-state index contributed by atoms with van der Waals surface area (Å²) >= 11 is 0. The minimum absolute atomic E-state index is 0.484. The van der Waals surface area contributed by atoms with Crippen LogP contribution in [0, 0.1) is 23.2 Å². The Kier molecular flexibility index (Phi) is 5.31. The van der Waals surface area contributed by atoms with Gasteiger partial charge in [-0.1, -0.05) is 30.3 Å². The molecule has 3 aliphatic rings. The Morgan fingerprint density at radius 2 is 2.00 bits per heavy atom. The molecule has 3 atom stereocenters. The first kappa shape index (κ1) is 19.3. The van der Waals surface area contributed by atoms with Crippen molar-refractivity contribution in [1.29, 1.82) is 5.26 Å². The van der Waals surface area contributed by atoms with Gasteiger partial charge in [-0.15, -0.1) is 0 Å². The molecule has 1 aliphatic carbocycles. The van der Waals surface area contributed by atoms with E-state index in [0.29, 0.717) is 17.5 Å². The van der Waals surface area contributed by atoms with Crippen LogP contribution in [0.1, 0.15) is 43.0 Å². The molecule has 4 nitrogen and oxygen atoms in total. The molecule has 0 spiro atoms. The Balaban J connectivity index is 1.22. The molecular weight excluding hydrogens is 368 g/mol. The Hall–Kier alpha value is -2.64. The third-order valence-electron chi connectivity index (χ3n) is 7.37. The van der Waals surface area contributed by atoms with E-state index in [1.54, 1.807) is 0 Å². The van der Waals surface area contributed by atoms with Gasteiger partial charge in [0, 0.05) is 31.6 Å². The number of rotatable bonds is 5. The Labute approximate surface area is 179 Å². The van der Waals surface area contributed by atoms with Crippen LogP contribution in [0.25, 0.3) is 5.57 Å². The third-order valence-corrected chi connectivity index (χ3v) is 7.37. The summed E-state index contributed by atoms with van der Waals surface area (Å²) in [7, 11) is 0. The van der Waals surface area contributed by atoms with Crippen molar-refractivity contribution < 1.29 is 0 Å². The Morgan fingerprint density at radius 1 is 1.13 bits per heavy atom. The molecule has 2 saturated heterocycles. The van der Waals surface area contributed by atoms with Crippen LogP contribution in [-0.2, 0) is 6.42 Å². The van der Waals surface area contributed by atoms with E-state index in [4.69, 9.17) is 5.26 Å². The SMILES string of the molecule is CC1CCCN1CCc1ccc(C2=CC[C@@H]3CN(c4ccc(C#N)nc4)C[C@H]23)cc1. The maximum atomic E-state index is 8.97. The van der Waals surface area contributed by atoms with Gasteiger partial charge >= 0.3 is 0 Å². The molecule has 5 rings (SSSR count). The number of nitrogens with zero attached hydrogens (tertiary/aromatic N) is 4. The van der Waals surface area contributed by atoms with Crippen LogP contribution >= 0.6 is 0 Å². The van der Waals surface area contributed by atoms with E-state index in [-0.39, 0.29) is 0 Å². The summed E-state index contributed by atoms with van der Waals surface area (Å²) in [6, 6.07) is 16.1. The van der Waals surface area contributed by atoms with E-state index in [1.807, 2.05) is 18.3 Å². The maximum absolute atomic E-state index is 8.97. The minimum Gasteiger partial charge on any atom is -0.369 e. The molecule has 1 unspecified atom stereocenters. The van der Waals surface area contributed by atoms with Crippen molar-refractivity contribution in [2.45, 2.75) is 38.6 Å². The summed E-state index contributed by atoms with van der Waals surface area (Å²) in [5.74, 6) is 1.28. The highest BCUT2D eigenvalue weighted by molar-refractivity contribution is 5.72. The number of hydrogen-bond acceptors (Lipinski definition) is 4. The molecule has 3 heterocycles. The van der Waals surface area contributed by atoms with E-state index >= 15 is 0 Å². The van der Waals surface area contributed by atoms with Gasteiger partial charge in [0.25, 0.3) is 0 Å². The zero-order chi connectivity index (χ0) is 20.5. The fraction of sp³-hybridized carbons (Fsp3) is 0.462. The van der Waals surface area contributed by atoms with Gasteiger partial charge in [-0.3, -0.25) is 0 Å². The van der Waals surface area contributed by atoms with E-state index in [0.717, 1.165) is 37.7 Å². The maximum Gasteiger partial charge on any atom is 0.140 e. The highest BCUT2D eigenvalue weighted by Crippen LogP contribution is 2.44. The van der Waals surface area contributed by atoms with Crippen molar-refractivity contribution in [2.75, 3.05) is 31.1 Å². The van der Waals surface area contributed by atoms with Crippen LogP contribution in [0.3, 0.4) is 0 Å². The van der Waals surface area contributed by atoms with Crippen LogP contribution in [0.2, 0.25) is 0 Å². The highest BCUT2D eigenvalue weighted by atomic mass is 15.2. The zero-order valence-corrected chi connectivity index (χ0v) is 17.8. The number of fused-ring (bicyclic) bond motifs is 1. The summed E-state index contributed by atoms with van der Waals surface area (Å²) in [6.07, 6.45) is 9.32. The molecule has 2 aliphatic heterocycles. The average Bonchev–Trinajstić information content (AvgIpc) is 3.49. The van der Waals surface area contributed by atoms with Gasteiger partial charge in [0.15, 0.2) is 0 Å². The number of benzene rings is 1. The number of nitriles is 1. The van der Waals surface area contributed by atoms with E-state index in [2.05, 4.69) is 58.1 Å². The number of anilines is 1. The quantitative estimate of drug-likeness (QED) is 0.743. The first-order valence-corrected chi connectivity index (χ1v) is 11.4. The molecular formula is C26H30N4. The Bertz CT molecular complexity index is 954. The second kappa shape index (κ2) is 8.24. The van der Waals surface area contributed by atoms with Crippen molar-refractivity contribution in [3.63, 3.8) is 0 Å². The molecule has 0 radical (unpaired) electrons. The number of pyridine rings is 1. The number of hydrogen-bond donors (Lipinski definition) is 0. The molecule has 30 heavy (non-hydrogen) atoms. The standard InChI is InChI=1S/C26H30N4/c1-19-3-2-13-29(19)14-12-20-4-6-21(7-5-20)25-11-8-22-17-30(18-26(22)25)24-10-9-23(15-27)28-16-24/h4-7,9-11,16,19,22,26H,2-3,8,12-14,17-18H2,1H3/t19?,22-,26+/m1/s1. The Morgan fingerprint density at radius 3 is 2.70 bits per heavy atom. The van der Waals surface area contributed by atoms with Crippen molar-refractivity contribution >= 4 is 11.3 Å².